The standard InChI is InChI=1S/C14H16Cl2N2O2S/c15-10-7-13(16)12-1-4-18(14(12)8-10)5-3-17-11-2-6-21(19,20)9-11/h1,4,7-8,11,17H,2-3,5-6,9H2. The van der Waals surface area contributed by atoms with Crippen LogP contribution in [0.3, 0.4) is 0 Å². The van der Waals surface area contributed by atoms with Gasteiger partial charge in [-0.3, -0.25) is 0 Å². The van der Waals surface area contributed by atoms with Crippen LogP contribution in [0.2, 0.25) is 10.0 Å². The molecule has 1 aromatic heterocycles. The first-order valence-corrected chi connectivity index (χ1v) is 9.40. The Morgan fingerprint density at radius 2 is 2.14 bits per heavy atom. The molecule has 114 valence electrons. The first kappa shape index (κ1) is 15.2. The van der Waals surface area contributed by atoms with E-state index in [-0.39, 0.29) is 11.8 Å². The van der Waals surface area contributed by atoms with Gasteiger partial charge in [0.05, 0.1) is 22.0 Å². The predicted octanol–water partition coefficient (Wildman–Crippen LogP) is 2.72. The Morgan fingerprint density at radius 3 is 2.86 bits per heavy atom. The van der Waals surface area contributed by atoms with Gasteiger partial charge in [-0.25, -0.2) is 8.42 Å². The van der Waals surface area contributed by atoms with Gasteiger partial charge >= 0.3 is 0 Å². The van der Waals surface area contributed by atoms with E-state index >= 15 is 0 Å². The number of hydrogen-bond donors (Lipinski definition) is 1. The van der Waals surface area contributed by atoms with Gasteiger partial charge in [-0.1, -0.05) is 23.2 Å². The Morgan fingerprint density at radius 1 is 1.33 bits per heavy atom. The fraction of sp³-hybridized carbons (Fsp3) is 0.429. The average molecular weight is 347 g/mol. The molecule has 1 atom stereocenters. The molecule has 7 heteroatoms. The van der Waals surface area contributed by atoms with Crippen molar-refractivity contribution in [3.05, 3.63) is 34.4 Å². The molecule has 0 aliphatic carbocycles. The van der Waals surface area contributed by atoms with E-state index in [1.807, 2.05) is 18.3 Å². The van der Waals surface area contributed by atoms with E-state index in [1.165, 1.54) is 0 Å². The molecule has 3 rings (SSSR count). The molecule has 0 bridgehead atoms. The molecule has 0 saturated carbocycles. The summed E-state index contributed by atoms with van der Waals surface area (Å²) in [5.41, 5.74) is 0.994. The molecule has 1 aliphatic rings. The van der Waals surface area contributed by atoms with Crippen LogP contribution in [0.4, 0.5) is 0 Å². The van der Waals surface area contributed by atoms with Crippen molar-refractivity contribution in [1.82, 2.24) is 9.88 Å². The Labute approximate surface area is 133 Å². The van der Waals surface area contributed by atoms with Crippen LogP contribution in [0.25, 0.3) is 10.9 Å². The van der Waals surface area contributed by atoms with Crippen LogP contribution in [-0.2, 0) is 16.4 Å². The number of sulfone groups is 1. The van der Waals surface area contributed by atoms with Crippen molar-refractivity contribution in [3.63, 3.8) is 0 Å². The zero-order valence-corrected chi connectivity index (χ0v) is 13.7. The highest BCUT2D eigenvalue weighted by atomic mass is 35.5. The lowest BCUT2D eigenvalue weighted by Crippen LogP contribution is -2.32. The zero-order valence-electron chi connectivity index (χ0n) is 11.4. The summed E-state index contributed by atoms with van der Waals surface area (Å²) in [6.07, 6.45) is 2.67. The number of hydrogen-bond acceptors (Lipinski definition) is 3. The summed E-state index contributed by atoms with van der Waals surface area (Å²) in [4.78, 5) is 0. The quantitative estimate of drug-likeness (QED) is 0.925. The van der Waals surface area contributed by atoms with E-state index in [2.05, 4.69) is 9.88 Å². The van der Waals surface area contributed by atoms with Crippen LogP contribution in [-0.4, -0.2) is 37.1 Å². The van der Waals surface area contributed by atoms with Crippen molar-refractivity contribution in [2.75, 3.05) is 18.1 Å². The third kappa shape index (κ3) is 3.37. The van der Waals surface area contributed by atoms with Gasteiger partial charge in [0.1, 0.15) is 0 Å². The summed E-state index contributed by atoms with van der Waals surface area (Å²) in [5, 5.41) is 5.54. The largest absolute Gasteiger partial charge is 0.346 e. The lowest BCUT2D eigenvalue weighted by molar-refractivity contribution is 0.525. The summed E-state index contributed by atoms with van der Waals surface area (Å²) >= 11 is 12.2. The minimum Gasteiger partial charge on any atom is -0.346 e. The van der Waals surface area contributed by atoms with Crippen LogP contribution in [0, 0.1) is 0 Å². The van der Waals surface area contributed by atoms with Crippen LogP contribution < -0.4 is 5.32 Å². The summed E-state index contributed by atoms with van der Waals surface area (Å²) in [6.45, 7) is 1.46. The van der Waals surface area contributed by atoms with Crippen molar-refractivity contribution in [3.8, 4) is 0 Å². The Balaban J connectivity index is 1.66. The summed E-state index contributed by atoms with van der Waals surface area (Å²) in [5.74, 6) is 0.541. The zero-order chi connectivity index (χ0) is 15.0. The third-order valence-electron chi connectivity index (χ3n) is 3.82. The third-order valence-corrected chi connectivity index (χ3v) is 6.12. The van der Waals surface area contributed by atoms with Gasteiger partial charge in [0, 0.05) is 35.7 Å². The van der Waals surface area contributed by atoms with Crippen LogP contribution >= 0.6 is 23.2 Å². The summed E-state index contributed by atoms with van der Waals surface area (Å²) < 4.78 is 24.9. The van der Waals surface area contributed by atoms with Crippen molar-refractivity contribution >= 4 is 43.9 Å². The Bertz CT molecular complexity index is 771. The van der Waals surface area contributed by atoms with E-state index in [4.69, 9.17) is 23.2 Å². The van der Waals surface area contributed by atoms with Crippen LogP contribution in [0.5, 0.6) is 0 Å². The SMILES string of the molecule is O=S1(=O)CCC(NCCn2ccc3c(Cl)cc(Cl)cc32)C1. The van der Waals surface area contributed by atoms with E-state index in [9.17, 15) is 8.42 Å². The van der Waals surface area contributed by atoms with Crippen molar-refractivity contribution < 1.29 is 8.42 Å². The number of benzene rings is 1. The van der Waals surface area contributed by atoms with Gasteiger partial charge in [0.25, 0.3) is 0 Å². The number of nitrogens with zero attached hydrogens (tertiary/aromatic N) is 1. The maximum Gasteiger partial charge on any atom is 0.151 e. The highest BCUT2D eigenvalue weighted by Gasteiger charge is 2.27. The molecule has 4 nitrogen and oxygen atoms in total. The molecule has 2 aromatic rings. The average Bonchev–Trinajstić information content (AvgIpc) is 2.94. The van der Waals surface area contributed by atoms with Crippen molar-refractivity contribution in [2.24, 2.45) is 0 Å². The van der Waals surface area contributed by atoms with Gasteiger partial charge in [0.2, 0.25) is 0 Å². The molecule has 1 aromatic carbocycles. The smallest absolute Gasteiger partial charge is 0.151 e. The lowest BCUT2D eigenvalue weighted by Gasteiger charge is -2.12. The topological polar surface area (TPSA) is 51.1 Å². The van der Waals surface area contributed by atoms with Crippen LogP contribution in [0.15, 0.2) is 24.4 Å². The second kappa shape index (κ2) is 5.80. The second-order valence-electron chi connectivity index (χ2n) is 5.38. The van der Waals surface area contributed by atoms with Crippen LogP contribution in [0.1, 0.15) is 6.42 Å². The van der Waals surface area contributed by atoms with Gasteiger partial charge in [0.15, 0.2) is 9.84 Å². The maximum atomic E-state index is 11.4. The molecular formula is C14H16Cl2N2O2S. The lowest BCUT2D eigenvalue weighted by atomic mass is 10.2. The molecule has 2 heterocycles. The fourth-order valence-electron chi connectivity index (χ4n) is 2.76. The maximum absolute atomic E-state index is 11.4. The van der Waals surface area contributed by atoms with E-state index < -0.39 is 9.84 Å². The summed E-state index contributed by atoms with van der Waals surface area (Å²) in [6, 6.07) is 5.66. The highest BCUT2D eigenvalue weighted by Crippen LogP contribution is 2.28. The predicted molar refractivity (Wildman–Crippen MR) is 87.0 cm³/mol. The number of nitrogens with one attached hydrogen (secondary N) is 1. The van der Waals surface area contributed by atoms with Gasteiger partial charge in [-0.15, -0.1) is 0 Å². The van der Waals surface area contributed by atoms with E-state index in [0.717, 1.165) is 17.4 Å². The highest BCUT2D eigenvalue weighted by molar-refractivity contribution is 7.91. The molecule has 21 heavy (non-hydrogen) atoms. The van der Waals surface area contributed by atoms with E-state index in [1.54, 1.807) is 6.07 Å². The van der Waals surface area contributed by atoms with Crippen molar-refractivity contribution in [2.45, 2.75) is 19.0 Å². The normalized spacial score (nSPS) is 21.1. The molecule has 1 fully saturated rings. The molecule has 1 unspecified atom stereocenters. The Kier molecular flexibility index (Phi) is 4.19. The molecule has 0 radical (unpaired) electrons. The Hall–Kier alpha value is -0.750. The second-order valence-corrected chi connectivity index (χ2v) is 8.46. The molecule has 1 aliphatic heterocycles. The molecular weight excluding hydrogens is 331 g/mol. The first-order chi connectivity index (χ1) is 9.94. The molecule has 0 amide bonds. The minimum absolute atomic E-state index is 0.0732. The molecule has 0 spiro atoms. The number of halogens is 2. The van der Waals surface area contributed by atoms with Crippen molar-refractivity contribution in [1.29, 1.82) is 0 Å². The number of rotatable bonds is 4. The minimum atomic E-state index is -2.83. The summed E-state index contributed by atoms with van der Waals surface area (Å²) in [7, 11) is -2.83. The number of fused-ring (bicyclic) bond motifs is 1. The fourth-order valence-corrected chi connectivity index (χ4v) is 5.01. The first-order valence-electron chi connectivity index (χ1n) is 6.82. The number of aromatic nitrogens is 1. The van der Waals surface area contributed by atoms with Gasteiger partial charge in [-0.2, -0.15) is 0 Å². The molecule has 1 N–H and O–H groups in total. The monoisotopic (exact) mass is 346 g/mol. The van der Waals surface area contributed by atoms with Gasteiger partial charge in [-0.05, 0) is 24.6 Å². The van der Waals surface area contributed by atoms with Gasteiger partial charge < -0.3 is 9.88 Å². The molecule has 1 saturated heterocycles. The van der Waals surface area contributed by atoms with E-state index in [0.29, 0.717) is 28.8 Å².